The minimum atomic E-state index is 0.110. The molecule has 0 aliphatic carbocycles. The minimum Gasteiger partial charge on any atom is -0.350 e. The zero-order valence-electron chi connectivity index (χ0n) is 12.9. The molecule has 1 aliphatic rings. The summed E-state index contributed by atoms with van der Waals surface area (Å²) in [5.41, 5.74) is 0. The van der Waals surface area contributed by atoms with Gasteiger partial charge in [0.15, 0.2) is 0 Å². The number of aryl methyl sites for hydroxylation is 1. The van der Waals surface area contributed by atoms with E-state index in [0.717, 1.165) is 25.9 Å². The molecule has 3 rings (SSSR count). The summed E-state index contributed by atoms with van der Waals surface area (Å²) in [5, 5.41) is 7.29. The Morgan fingerprint density at radius 1 is 1.50 bits per heavy atom. The van der Waals surface area contributed by atoms with E-state index in [1.807, 2.05) is 16.9 Å². The Labute approximate surface area is 134 Å². The number of thiophene rings is 1. The number of carbonyl (C=O) groups is 1. The molecular formula is C16H22N4OS. The molecule has 5 nitrogen and oxygen atoms in total. The van der Waals surface area contributed by atoms with E-state index in [1.54, 1.807) is 17.5 Å². The van der Waals surface area contributed by atoms with Gasteiger partial charge in [-0.2, -0.15) is 5.10 Å². The molecule has 0 aromatic carbocycles. The molecule has 0 bridgehead atoms. The normalized spacial score (nSPS) is 18.7. The third kappa shape index (κ3) is 3.96. The largest absolute Gasteiger partial charge is 0.350 e. The number of nitrogens with one attached hydrogen (secondary N) is 1. The Kier molecular flexibility index (Phi) is 4.90. The van der Waals surface area contributed by atoms with E-state index in [2.05, 4.69) is 34.4 Å². The average Bonchev–Trinajstić information content (AvgIpc) is 3.22. The zero-order chi connectivity index (χ0) is 15.4. The summed E-state index contributed by atoms with van der Waals surface area (Å²) in [4.78, 5) is 16.9. The van der Waals surface area contributed by atoms with E-state index in [4.69, 9.17) is 0 Å². The van der Waals surface area contributed by atoms with E-state index in [0.29, 0.717) is 19.1 Å². The molecule has 0 radical (unpaired) electrons. The number of hydrogen-bond acceptors (Lipinski definition) is 4. The van der Waals surface area contributed by atoms with Crippen LogP contribution < -0.4 is 5.32 Å². The lowest BCUT2D eigenvalue weighted by atomic mass is 10.2. The Morgan fingerprint density at radius 3 is 3.14 bits per heavy atom. The van der Waals surface area contributed by atoms with Gasteiger partial charge in [-0.1, -0.05) is 0 Å². The maximum absolute atomic E-state index is 12.2. The number of nitrogens with zero attached hydrogens (tertiary/aromatic N) is 3. The number of hydrogen-bond donors (Lipinski definition) is 1. The van der Waals surface area contributed by atoms with Crippen molar-refractivity contribution in [2.24, 2.45) is 0 Å². The first kappa shape index (κ1) is 15.2. The van der Waals surface area contributed by atoms with Crippen molar-refractivity contribution in [2.75, 3.05) is 13.1 Å². The molecule has 118 valence electrons. The predicted octanol–water partition coefficient (Wildman–Crippen LogP) is 2.03. The number of aromatic nitrogens is 2. The van der Waals surface area contributed by atoms with Crippen LogP contribution in [0.3, 0.4) is 0 Å². The molecular weight excluding hydrogens is 296 g/mol. The molecule has 6 heteroatoms. The van der Waals surface area contributed by atoms with Crippen LogP contribution in [0.2, 0.25) is 0 Å². The Balaban J connectivity index is 1.47. The highest BCUT2D eigenvalue weighted by Crippen LogP contribution is 2.18. The van der Waals surface area contributed by atoms with Crippen LogP contribution in [0.4, 0.5) is 0 Å². The van der Waals surface area contributed by atoms with Gasteiger partial charge in [0.1, 0.15) is 0 Å². The average molecular weight is 318 g/mol. The smallest absolute Gasteiger partial charge is 0.234 e. The van der Waals surface area contributed by atoms with E-state index in [9.17, 15) is 4.79 Å². The van der Waals surface area contributed by atoms with Crippen LogP contribution in [0, 0.1) is 6.92 Å². The predicted molar refractivity (Wildman–Crippen MR) is 87.7 cm³/mol. The second kappa shape index (κ2) is 7.07. The molecule has 0 saturated carbocycles. The van der Waals surface area contributed by atoms with Crippen molar-refractivity contribution in [1.82, 2.24) is 20.0 Å². The van der Waals surface area contributed by atoms with Crippen molar-refractivity contribution >= 4 is 17.2 Å². The molecule has 1 saturated heterocycles. The summed E-state index contributed by atoms with van der Waals surface area (Å²) in [7, 11) is 0. The molecule has 1 N–H and O–H groups in total. The monoisotopic (exact) mass is 318 g/mol. The summed E-state index contributed by atoms with van der Waals surface area (Å²) in [6.07, 6.45) is 6.07. The summed E-state index contributed by atoms with van der Waals surface area (Å²) in [6, 6.07) is 6.52. The molecule has 1 amide bonds. The molecule has 1 atom stereocenters. The highest BCUT2D eigenvalue weighted by molar-refractivity contribution is 7.11. The molecule has 3 heterocycles. The standard InChI is InChI=1S/C16H22N4OS/c1-13-5-6-15(22-13)10-17-16(21)12-19-8-2-4-14(19)11-20-9-3-7-18-20/h3,5-7,9,14H,2,4,8,10-12H2,1H3,(H,17,21)/t14-/m1/s1. The van der Waals surface area contributed by atoms with Gasteiger partial charge in [0.25, 0.3) is 0 Å². The van der Waals surface area contributed by atoms with Gasteiger partial charge in [-0.15, -0.1) is 11.3 Å². The summed E-state index contributed by atoms with van der Waals surface area (Å²) in [6.45, 7) is 5.06. The molecule has 22 heavy (non-hydrogen) atoms. The highest BCUT2D eigenvalue weighted by Gasteiger charge is 2.26. The molecule has 2 aromatic heterocycles. The zero-order valence-corrected chi connectivity index (χ0v) is 13.7. The fourth-order valence-corrected chi connectivity index (χ4v) is 3.77. The summed E-state index contributed by atoms with van der Waals surface area (Å²) in [5.74, 6) is 0.110. The van der Waals surface area contributed by atoms with Crippen molar-refractivity contribution in [3.05, 3.63) is 40.3 Å². The number of likely N-dealkylation sites (tertiary alicyclic amines) is 1. The van der Waals surface area contributed by atoms with Crippen LogP contribution in [0.15, 0.2) is 30.6 Å². The van der Waals surface area contributed by atoms with Crippen molar-refractivity contribution in [3.63, 3.8) is 0 Å². The van der Waals surface area contributed by atoms with E-state index in [-0.39, 0.29) is 5.91 Å². The Bertz CT molecular complexity index is 607. The van der Waals surface area contributed by atoms with Crippen LogP contribution in [0.5, 0.6) is 0 Å². The maximum atomic E-state index is 12.2. The highest BCUT2D eigenvalue weighted by atomic mass is 32.1. The quantitative estimate of drug-likeness (QED) is 0.887. The molecule has 0 unspecified atom stereocenters. The first-order valence-electron chi connectivity index (χ1n) is 7.74. The van der Waals surface area contributed by atoms with Gasteiger partial charge in [-0.05, 0) is 44.5 Å². The third-order valence-corrected chi connectivity index (χ3v) is 5.06. The topological polar surface area (TPSA) is 50.2 Å². The minimum absolute atomic E-state index is 0.110. The van der Waals surface area contributed by atoms with Crippen molar-refractivity contribution in [3.8, 4) is 0 Å². The molecule has 2 aromatic rings. The number of rotatable bonds is 6. The van der Waals surface area contributed by atoms with Gasteiger partial charge >= 0.3 is 0 Å². The Morgan fingerprint density at radius 2 is 2.41 bits per heavy atom. The van der Waals surface area contributed by atoms with Gasteiger partial charge in [0, 0.05) is 28.2 Å². The molecule has 1 fully saturated rings. The van der Waals surface area contributed by atoms with Gasteiger partial charge in [0.05, 0.1) is 19.6 Å². The van der Waals surface area contributed by atoms with Crippen LogP contribution in [-0.4, -0.2) is 39.7 Å². The lowest BCUT2D eigenvalue weighted by Crippen LogP contribution is -2.41. The van der Waals surface area contributed by atoms with Crippen LogP contribution in [0.1, 0.15) is 22.6 Å². The van der Waals surface area contributed by atoms with Gasteiger partial charge in [-0.3, -0.25) is 14.4 Å². The van der Waals surface area contributed by atoms with Crippen molar-refractivity contribution in [1.29, 1.82) is 0 Å². The van der Waals surface area contributed by atoms with Gasteiger partial charge in [0.2, 0.25) is 5.91 Å². The fraction of sp³-hybridized carbons (Fsp3) is 0.500. The molecule has 1 aliphatic heterocycles. The number of carbonyl (C=O) groups excluding carboxylic acids is 1. The lowest BCUT2D eigenvalue weighted by Gasteiger charge is -2.23. The maximum Gasteiger partial charge on any atom is 0.234 e. The van der Waals surface area contributed by atoms with E-state index < -0.39 is 0 Å². The van der Waals surface area contributed by atoms with E-state index >= 15 is 0 Å². The van der Waals surface area contributed by atoms with Crippen molar-refractivity contribution in [2.45, 2.75) is 38.9 Å². The summed E-state index contributed by atoms with van der Waals surface area (Å²) < 4.78 is 1.95. The van der Waals surface area contributed by atoms with Crippen molar-refractivity contribution < 1.29 is 4.79 Å². The van der Waals surface area contributed by atoms with Gasteiger partial charge in [-0.25, -0.2) is 0 Å². The third-order valence-electron chi connectivity index (χ3n) is 4.06. The number of amides is 1. The van der Waals surface area contributed by atoms with Gasteiger partial charge < -0.3 is 5.32 Å². The molecule has 0 spiro atoms. The second-order valence-corrected chi connectivity index (χ2v) is 7.16. The lowest BCUT2D eigenvalue weighted by molar-refractivity contribution is -0.122. The Hall–Kier alpha value is -1.66. The first-order valence-corrected chi connectivity index (χ1v) is 8.56. The second-order valence-electron chi connectivity index (χ2n) is 5.78. The van der Waals surface area contributed by atoms with E-state index in [1.165, 1.54) is 9.75 Å². The SMILES string of the molecule is Cc1ccc(CNC(=O)CN2CCC[C@@H]2Cn2cccn2)s1. The van der Waals surface area contributed by atoms with Crippen LogP contribution >= 0.6 is 11.3 Å². The first-order chi connectivity index (χ1) is 10.7. The summed E-state index contributed by atoms with van der Waals surface area (Å²) >= 11 is 1.74. The van der Waals surface area contributed by atoms with Crippen LogP contribution in [0.25, 0.3) is 0 Å². The van der Waals surface area contributed by atoms with Crippen LogP contribution in [-0.2, 0) is 17.9 Å². The fourth-order valence-electron chi connectivity index (χ4n) is 2.94.